The van der Waals surface area contributed by atoms with Crippen LogP contribution in [0.5, 0.6) is 0 Å². The van der Waals surface area contributed by atoms with Gasteiger partial charge in [0, 0.05) is 11.3 Å². The summed E-state index contributed by atoms with van der Waals surface area (Å²) in [6, 6.07) is 10.7. The quantitative estimate of drug-likeness (QED) is 0.481. The van der Waals surface area contributed by atoms with Crippen LogP contribution in [0, 0.1) is 6.92 Å². The zero-order valence-electron chi connectivity index (χ0n) is 16.6. The minimum atomic E-state index is -1.08. The number of furan rings is 1. The average molecular weight is 441 g/mol. The molecule has 0 bridgehead atoms. The third-order valence-electron chi connectivity index (χ3n) is 4.17. The van der Waals surface area contributed by atoms with Gasteiger partial charge in [-0.15, -0.1) is 11.3 Å². The van der Waals surface area contributed by atoms with Crippen LogP contribution < -0.4 is 16.4 Å². The van der Waals surface area contributed by atoms with E-state index in [0.717, 1.165) is 11.3 Å². The summed E-state index contributed by atoms with van der Waals surface area (Å²) in [7, 11) is 0. The van der Waals surface area contributed by atoms with E-state index in [9.17, 15) is 19.2 Å². The zero-order valence-corrected chi connectivity index (χ0v) is 17.4. The number of anilines is 2. The Kier molecular flexibility index (Phi) is 6.51. The molecule has 0 aliphatic heterocycles. The number of carbonyl (C=O) groups excluding carboxylic acids is 4. The van der Waals surface area contributed by atoms with Gasteiger partial charge in [0.2, 0.25) is 5.91 Å². The molecular weight excluding hydrogens is 422 g/mol. The Morgan fingerprint density at radius 3 is 2.42 bits per heavy atom. The number of aryl methyl sites for hydroxylation is 1. The van der Waals surface area contributed by atoms with E-state index < -0.39 is 29.8 Å². The largest absolute Gasteiger partial charge is 0.459 e. The maximum absolute atomic E-state index is 12.5. The van der Waals surface area contributed by atoms with E-state index in [1.165, 1.54) is 43.5 Å². The minimum Gasteiger partial charge on any atom is -0.459 e. The molecule has 0 saturated carbocycles. The minimum absolute atomic E-state index is 0.143. The van der Waals surface area contributed by atoms with Gasteiger partial charge < -0.3 is 25.5 Å². The summed E-state index contributed by atoms with van der Waals surface area (Å²) >= 11 is 1.03. The molecule has 1 aromatic carbocycles. The van der Waals surface area contributed by atoms with Crippen LogP contribution in [0.2, 0.25) is 0 Å². The molecule has 0 aliphatic rings. The monoisotopic (exact) mass is 441 g/mol. The van der Waals surface area contributed by atoms with Gasteiger partial charge in [0.25, 0.3) is 11.8 Å². The van der Waals surface area contributed by atoms with Crippen LogP contribution in [0.3, 0.4) is 0 Å². The normalized spacial score (nSPS) is 11.4. The first-order valence-electron chi connectivity index (χ1n) is 9.11. The smallest absolute Gasteiger partial charge is 0.349 e. The first kappa shape index (κ1) is 21.8. The molecule has 10 heteroatoms. The van der Waals surface area contributed by atoms with E-state index in [1.807, 2.05) is 0 Å². The third kappa shape index (κ3) is 5.37. The molecule has 0 spiro atoms. The van der Waals surface area contributed by atoms with E-state index in [-0.39, 0.29) is 10.6 Å². The standard InChI is InChI=1S/C21H19N3O6S/c1-11-10-16(24-20(27)15-4-3-9-29-15)31-17(11)21(28)30-12(2)19(26)23-14-7-5-13(6-8-14)18(22)25/h3-10,12H,1-2H3,(H2,22,25)(H,23,26)(H,24,27). The third-order valence-corrected chi connectivity index (χ3v) is 5.31. The van der Waals surface area contributed by atoms with Crippen molar-refractivity contribution in [3.8, 4) is 0 Å². The fourth-order valence-corrected chi connectivity index (χ4v) is 3.51. The molecule has 0 saturated heterocycles. The summed E-state index contributed by atoms with van der Waals surface area (Å²) in [4.78, 5) is 48.3. The first-order valence-corrected chi connectivity index (χ1v) is 9.93. The number of amides is 3. The lowest BCUT2D eigenvalue weighted by Gasteiger charge is -2.13. The first-order chi connectivity index (χ1) is 14.7. The van der Waals surface area contributed by atoms with Crippen molar-refractivity contribution in [3.05, 3.63) is 70.5 Å². The Labute approximate surface area is 181 Å². The molecule has 0 radical (unpaired) electrons. The summed E-state index contributed by atoms with van der Waals surface area (Å²) < 4.78 is 10.3. The van der Waals surface area contributed by atoms with Crippen LogP contribution in [0.1, 0.15) is 43.1 Å². The average Bonchev–Trinajstić information content (AvgIpc) is 3.38. The van der Waals surface area contributed by atoms with Crippen LogP contribution >= 0.6 is 11.3 Å². The SMILES string of the molecule is Cc1cc(NC(=O)c2ccco2)sc1C(=O)OC(C)C(=O)Nc1ccc(C(N)=O)cc1. The molecule has 0 fully saturated rings. The molecule has 4 N–H and O–H groups in total. The number of thiophene rings is 1. The number of nitrogens with two attached hydrogens (primary N) is 1. The van der Waals surface area contributed by atoms with E-state index in [4.69, 9.17) is 14.9 Å². The predicted octanol–water partition coefficient (Wildman–Crippen LogP) is 3.18. The Morgan fingerprint density at radius 2 is 1.81 bits per heavy atom. The topological polar surface area (TPSA) is 141 Å². The highest BCUT2D eigenvalue weighted by molar-refractivity contribution is 7.18. The summed E-state index contributed by atoms with van der Waals surface area (Å²) in [5.74, 6) is -2.11. The van der Waals surface area contributed by atoms with Crippen molar-refractivity contribution in [2.75, 3.05) is 10.6 Å². The second kappa shape index (κ2) is 9.26. The lowest BCUT2D eigenvalue weighted by atomic mass is 10.2. The summed E-state index contributed by atoms with van der Waals surface area (Å²) in [6.07, 6.45) is 0.307. The van der Waals surface area contributed by atoms with Gasteiger partial charge in [0.05, 0.1) is 11.3 Å². The molecule has 1 unspecified atom stereocenters. The molecule has 31 heavy (non-hydrogen) atoms. The number of hydrogen-bond donors (Lipinski definition) is 3. The van der Waals surface area contributed by atoms with Crippen LogP contribution in [-0.4, -0.2) is 29.8 Å². The Hall–Kier alpha value is -3.92. The molecule has 9 nitrogen and oxygen atoms in total. The molecule has 1 atom stereocenters. The highest BCUT2D eigenvalue weighted by Gasteiger charge is 2.23. The van der Waals surface area contributed by atoms with Gasteiger partial charge in [0.1, 0.15) is 4.88 Å². The van der Waals surface area contributed by atoms with E-state index in [2.05, 4.69) is 10.6 Å². The maximum atomic E-state index is 12.5. The van der Waals surface area contributed by atoms with Gasteiger partial charge in [-0.05, 0) is 61.9 Å². The van der Waals surface area contributed by atoms with Crippen molar-refractivity contribution in [2.45, 2.75) is 20.0 Å². The summed E-state index contributed by atoms with van der Waals surface area (Å²) in [6.45, 7) is 3.13. The Morgan fingerprint density at radius 1 is 1.10 bits per heavy atom. The van der Waals surface area contributed by atoms with Crippen LogP contribution in [0.4, 0.5) is 10.7 Å². The number of nitrogens with one attached hydrogen (secondary N) is 2. The van der Waals surface area contributed by atoms with Crippen molar-refractivity contribution in [2.24, 2.45) is 5.73 Å². The number of ether oxygens (including phenoxy) is 1. The summed E-state index contributed by atoms with van der Waals surface area (Å²) in [5, 5.41) is 5.68. The van der Waals surface area contributed by atoms with Gasteiger partial charge >= 0.3 is 5.97 Å². The number of hydrogen-bond acceptors (Lipinski definition) is 7. The van der Waals surface area contributed by atoms with Gasteiger partial charge in [-0.2, -0.15) is 0 Å². The number of benzene rings is 1. The van der Waals surface area contributed by atoms with Crippen molar-refractivity contribution < 1.29 is 28.3 Å². The highest BCUT2D eigenvalue weighted by atomic mass is 32.1. The second-order valence-corrected chi connectivity index (χ2v) is 7.58. The molecule has 160 valence electrons. The van der Waals surface area contributed by atoms with E-state index >= 15 is 0 Å². The predicted molar refractivity (Wildman–Crippen MR) is 114 cm³/mol. The van der Waals surface area contributed by atoms with Gasteiger partial charge in [-0.3, -0.25) is 14.4 Å². The zero-order chi connectivity index (χ0) is 22.5. The Bertz CT molecular complexity index is 1120. The van der Waals surface area contributed by atoms with Crippen LogP contribution in [-0.2, 0) is 9.53 Å². The molecule has 0 aliphatic carbocycles. The molecule has 2 heterocycles. The van der Waals surface area contributed by atoms with Gasteiger partial charge in [-0.1, -0.05) is 0 Å². The number of esters is 1. The number of rotatable bonds is 7. The second-order valence-electron chi connectivity index (χ2n) is 6.53. The van der Waals surface area contributed by atoms with Crippen molar-refractivity contribution in [1.29, 1.82) is 0 Å². The molecular formula is C21H19N3O6S. The lowest BCUT2D eigenvalue weighted by molar-refractivity contribution is -0.123. The molecule has 3 amide bonds. The molecule has 2 aromatic heterocycles. The number of primary amides is 1. The van der Waals surface area contributed by atoms with Crippen molar-refractivity contribution in [1.82, 2.24) is 0 Å². The van der Waals surface area contributed by atoms with E-state index in [1.54, 1.807) is 19.1 Å². The van der Waals surface area contributed by atoms with Gasteiger partial charge in [0.15, 0.2) is 11.9 Å². The fourth-order valence-electron chi connectivity index (χ4n) is 2.56. The highest BCUT2D eigenvalue weighted by Crippen LogP contribution is 2.28. The summed E-state index contributed by atoms with van der Waals surface area (Å²) in [5.41, 5.74) is 6.50. The maximum Gasteiger partial charge on any atom is 0.349 e. The Balaban J connectivity index is 1.60. The molecule has 3 rings (SSSR count). The number of carbonyl (C=O) groups is 4. The van der Waals surface area contributed by atoms with Crippen LogP contribution in [0.15, 0.2) is 53.1 Å². The molecule has 3 aromatic rings. The fraction of sp³-hybridized carbons (Fsp3) is 0.143. The lowest BCUT2D eigenvalue weighted by Crippen LogP contribution is -2.30. The van der Waals surface area contributed by atoms with Crippen molar-refractivity contribution >= 4 is 45.7 Å². The van der Waals surface area contributed by atoms with Crippen LogP contribution in [0.25, 0.3) is 0 Å². The van der Waals surface area contributed by atoms with E-state index in [0.29, 0.717) is 21.8 Å². The van der Waals surface area contributed by atoms with Crippen molar-refractivity contribution in [3.63, 3.8) is 0 Å². The van der Waals surface area contributed by atoms with Gasteiger partial charge in [-0.25, -0.2) is 4.79 Å².